The van der Waals surface area contributed by atoms with Crippen molar-refractivity contribution in [2.45, 2.75) is 26.2 Å². The summed E-state index contributed by atoms with van der Waals surface area (Å²) in [5.74, 6) is -1.65. The Morgan fingerprint density at radius 3 is 2.76 bits per heavy atom. The molecule has 0 heterocycles. The van der Waals surface area contributed by atoms with Gasteiger partial charge < -0.3 is 5.73 Å². The first-order valence-electron chi connectivity index (χ1n) is 5.69. The molecule has 0 fully saturated rings. The van der Waals surface area contributed by atoms with Crippen LogP contribution < -0.4 is 5.73 Å². The second-order valence-electron chi connectivity index (χ2n) is 4.31. The monoisotopic (exact) mass is 241 g/mol. The Morgan fingerprint density at radius 2 is 2.12 bits per heavy atom. The molecule has 0 aliphatic heterocycles. The lowest BCUT2D eigenvalue weighted by Crippen LogP contribution is -2.13. The summed E-state index contributed by atoms with van der Waals surface area (Å²) in [6, 6.07) is 3.88. The van der Waals surface area contributed by atoms with Crippen LogP contribution in [0.15, 0.2) is 18.2 Å². The molecule has 0 spiro atoms. The van der Waals surface area contributed by atoms with Crippen LogP contribution in [0.5, 0.6) is 0 Å². The third kappa shape index (κ3) is 4.23. The van der Waals surface area contributed by atoms with E-state index in [9.17, 15) is 13.6 Å². The minimum atomic E-state index is -0.923. The van der Waals surface area contributed by atoms with Crippen LogP contribution in [0.25, 0.3) is 0 Å². The Balaban J connectivity index is 2.54. The number of rotatable bonds is 6. The molecule has 2 nitrogen and oxygen atoms in total. The Morgan fingerprint density at radius 1 is 1.41 bits per heavy atom. The molecule has 0 saturated heterocycles. The molecule has 1 unspecified atom stereocenters. The molecule has 94 valence electrons. The number of Topliss-reactive ketones (excluding diaryl/α,β-unsaturated/α-hetero) is 1. The van der Waals surface area contributed by atoms with Gasteiger partial charge in [-0.1, -0.05) is 19.1 Å². The number of carbonyl (C=O) groups is 1. The fourth-order valence-electron chi connectivity index (χ4n) is 1.51. The predicted molar refractivity (Wildman–Crippen MR) is 62.5 cm³/mol. The van der Waals surface area contributed by atoms with Crippen molar-refractivity contribution in [3.63, 3.8) is 0 Å². The molecule has 1 aromatic rings. The molecule has 17 heavy (non-hydrogen) atoms. The van der Waals surface area contributed by atoms with Crippen LogP contribution in [0, 0.1) is 17.6 Å². The van der Waals surface area contributed by atoms with Crippen molar-refractivity contribution in [1.82, 2.24) is 0 Å². The van der Waals surface area contributed by atoms with Gasteiger partial charge in [-0.15, -0.1) is 0 Å². The maximum atomic E-state index is 13.3. The quantitative estimate of drug-likeness (QED) is 0.831. The Bertz CT molecular complexity index is 393. The van der Waals surface area contributed by atoms with E-state index in [2.05, 4.69) is 0 Å². The second kappa shape index (κ2) is 6.45. The van der Waals surface area contributed by atoms with E-state index < -0.39 is 11.6 Å². The van der Waals surface area contributed by atoms with Gasteiger partial charge >= 0.3 is 0 Å². The van der Waals surface area contributed by atoms with E-state index in [1.165, 1.54) is 12.1 Å². The molecular formula is C13H17F2NO. The molecule has 2 N–H and O–H groups in total. The largest absolute Gasteiger partial charge is 0.330 e. The highest BCUT2D eigenvalue weighted by molar-refractivity contribution is 5.80. The average Bonchev–Trinajstić information content (AvgIpc) is 2.32. The van der Waals surface area contributed by atoms with E-state index in [0.29, 0.717) is 19.4 Å². The SMILES string of the molecule is CC(CN)CCC(=O)Cc1cccc(F)c1F. The molecule has 0 saturated carbocycles. The summed E-state index contributed by atoms with van der Waals surface area (Å²) in [6.07, 6.45) is 0.988. The summed E-state index contributed by atoms with van der Waals surface area (Å²) >= 11 is 0. The summed E-state index contributed by atoms with van der Waals surface area (Å²) in [7, 11) is 0. The topological polar surface area (TPSA) is 43.1 Å². The van der Waals surface area contributed by atoms with Crippen LogP contribution in [0.3, 0.4) is 0 Å². The normalized spacial score (nSPS) is 12.5. The number of halogens is 2. The zero-order valence-corrected chi connectivity index (χ0v) is 9.88. The summed E-state index contributed by atoms with van der Waals surface area (Å²) in [4.78, 5) is 11.6. The maximum Gasteiger partial charge on any atom is 0.162 e. The van der Waals surface area contributed by atoms with Crippen LogP contribution in [-0.2, 0) is 11.2 Å². The second-order valence-corrected chi connectivity index (χ2v) is 4.31. The lowest BCUT2D eigenvalue weighted by Gasteiger charge is -2.07. The van der Waals surface area contributed by atoms with E-state index in [1.807, 2.05) is 6.92 Å². The van der Waals surface area contributed by atoms with Gasteiger partial charge in [-0.3, -0.25) is 4.79 Å². The van der Waals surface area contributed by atoms with Crippen molar-refractivity contribution < 1.29 is 13.6 Å². The summed E-state index contributed by atoms with van der Waals surface area (Å²) < 4.78 is 26.2. The molecule has 0 amide bonds. The summed E-state index contributed by atoms with van der Waals surface area (Å²) in [6.45, 7) is 2.48. The Kier molecular flexibility index (Phi) is 5.22. The number of hydrogen-bond acceptors (Lipinski definition) is 2. The lowest BCUT2D eigenvalue weighted by molar-refractivity contribution is -0.118. The first-order valence-corrected chi connectivity index (χ1v) is 5.69. The number of benzene rings is 1. The Labute approximate surface area is 99.8 Å². The standard InChI is InChI=1S/C13H17F2NO/c1-9(8-16)5-6-11(17)7-10-3-2-4-12(14)13(10)15/h2-4,9H,5-8,16H2,1H3. The summed E-state index contributed by atoms with van der Waals surface area (Å²) in [5.41, 5.74) is 5.55. The van der Waals surface area contributed by atoms with Crippen molar-refractivity contribution in [2.75, 3.05) is 6.54 Å². The fourth-order valence-corrected chi connectivity index (χ4v) is 1.51. The van der Waals surface area contributed by atoms with E-state index in [4.69, 9.17) is 5.73 Å². The lowest BCUT2D eigenvalue weighted by atomic mass is 10.00. The molecule has 1 atom stereocenters. The molecule has 1 aromatic carbocycles. The maximum absolute atomic E-state index is 13.3. The number of ketones is 1. The fraction of sp³-hybridized carbons (Fsp3) is 0.462. The zero-order chi connectivity index (χ0) is 12.8. The van der Waals surface area contributed by atoms with E-state index in [0.717, 1.165) is 6.07 Å². The molecular weight excluding hydrogens is 224 g/mol. The van der Waals surface area contributed by atoms with Crippen molar-refractivity contribution in [1.29, 1.82) is 0 Å². The van der Waals surface area contributed by atoms with Gasteiger partial charge in [0.25, 0.3) is 0 Å². The minimum Gasteiger partial charge on any atom is -0.330 e. The van der Waals surface area contributed by atoms with Gasteiger partial charge in [0.15, 0.2) is 11.6 Å². The molecule has 0 aromatic heterocycles. The van der Waals surface area contributed by atoms with Gasteiger partial charge in [-0.2, -0.15) is 0 Å². The average molecular weight is 241 g/mol. The highest BCUT2D eigenvalue weighted by atomic mass is 19.2. The number of nitrogens with two attached hydrogens (primary N) is 1. The van der Waals surface area contributed by atoms with Crippen LogP contribution in [0.1, 0.15) is 25.3 Å². The minimum absolute atomic E-state index is 0.0547. The van der Waals surface area contributed by atoms with Gasteiger partial charge in [-0.05, 0) is 30.5 Å². The van der Waals surface area contributed by atoms with Gasteiger partial charge in [0.1, 0.15) is 5.78 Å². The smallest absolute Gasteiger partial charge is 0.162 e. The highest BCUT2D eigenvalue weighted by Gasteiger charge is 2.12. The number of carbonyl (C=O) groups excluding carboxylic acids is 1. The van der Waals surface area contributed by atoms with Gasteiger partial charge in [-0.25, -0.2) is 8.78 Å². The van der Waals surface area contributed by atoms with E-state index in [-0.39, 0.29) is 23.7 Å². The van der Waals surface area contributed by atoms with Crippen molar-refractivity contribution >= 4 is 5.78 Å². The molecule has 1 rings (SSSR count). The Hall–Kier alpha value is -1.29. The summed E-state index contributed by atoms with van der Waals surface area (Å²) in [5, 5.41) is 0. The van der Waals surface area contributed by atoms with Gasteiger partial charge in [0.05, 0.1) is 0 Å². The third-order valence-electron chi connectivity index (χ3n) is 2.74. The van der Waals surface area contributed by atoms with E-state index in [1.54, 1.807) is 0 Å². The first kappa shape index (κ1) is 13.8. The predicted octanol–water partition coefficient (Wildman–Crippen LogP) is 2.45. The highest BCUT2D eigenvalue weighted by Crippen LogP contribution is 2.14. The van der Waals surface area contributed by atoms with Gasteiger partial charge in [0.2, 0.25) is 0 Å². The first-order chi connectivity index (χ1) is 8.04. The molecule has 0 radical (unpaired) electrons. The van der Waals surface area contributed by atoms with Crippen LogP contribution >= 0.6 is 0 Å². The van der Waals surface area contributed by atoms with Crippen molar-refractivity contribution in [3.05, 3.63) is 35.4 Å². The third-order valence-corrected chi connectivity index (χ3v) is 2.74. The van der Waals surface area contributed by atoms with Crippen LogP contribution in [0.4, 0.5) is 8.78 Å². The van der Waals surface area contributed by atoms with Gasteiger partial charge in [0, 0.05) is 12.8 Å². The van der Waals surface area contributed by atoms with Crippen molar-refractivity contribution in [2.24, 2.45) is 11.7 Å². The molecule has 0 aliphatic carbocycles. The van der Waals surface area contributed by atoms with Crippen LogP contribution in [0.2, 0.25) is 0 Å². The molecule has 4 heteroatoms. The molecule has 0 bridgehead atoms. The van der Waals surface area contributed by atoms with Crippen molar-refractivity contribution in [3.8, 4) is 0 Å². The van der Waals surface area contributed by atoms with E-state index >= 15 is 0 Å². The number of hydrogen-bond donors (Lipinski definition) is 1. The zero-order valence-electron chi connectivity index (χ0n) is 9.88. The van der Waals surface area contributed by atoms with Crippen LogP contribution in [-0.4, -0.2) is 12.3 Å². The molecule has 0 aliphatic rings.